The Balaban J connectivity index is 1.57. The highest BCUT2D eigenvalue weighted by atomic mass is 32.2. The van der Waals surface area contributed by atoms with Crippen LogP contribution in [0.5, 0.6) is 0 Å². The van der Waals surface area contributed by atoms with Gasteiger partial charge in [0.15, 0.2) is 0 Å². The van der Waals surface area contributed by atoms with Crippen molar-refractivity contribution in [3.8, 4) is 0 Å². The molecule has 3 rings (SSSR count). The number of hydrogen-bond acceptors (Lipinski definition) is 7. The summed E-state index contributed by atoms with van der Waals surface area (Å²) in [5.41, 5.74) is 10.8. The Labute approximate surface area is 174 Å². The van der Waals surface area contributed by atoms with Gasteiger partial charge >= 0.3 is 0 Å². The van der Waals surface area contributed by atoms with Crippen LogP contribution in [0, 0.1) is 20.8 Å². The first-order valence-corrected chi connectivity index (χ1v) is 10.3. The van der Waals surface area contributed by atoms with E-state index in [-0.39, 0.29) is 11.9 Å². The Hall–Kier alpha value is -3.13. The summed E-state index contributed by atoms with van der Waals surface area (Å²) in [6.07, 6.45) is 0. The van der Waals surface area contributed by atoms with Crippen molar-refractivity contribution in [3.05, 3.63) is 65.0 Å². The van der Waals surface area contributed by atoms with Gasteiger partial charge in [-0.15, -0.1) is 11.8 Å². The third-order valence-corrected chi connectivity index (χ3v) is 5.06. The average molecular weight is 409 g/mol. The number of rotatable bonds is 7. The van der Waals surface area contributed by atoms with Gasteiger partial charge < -0.3 is 16.4 Å². The van der Waals surface area contributed by atoms with Crippen LogP contribution >= 0.6 is 11.8 Å². The molecule has 4 N–H and O–H groups in total. The molecule has 0 radical (unpaired) electrons. The third kappa shape index (κ3) is 5.92. The van der Waals surface area contributed by atoms with Crippen LogP contribution in [0.25, 0.3) is 0 Å². The highest BCUT2D eigenvalue weighted by Crippen LogP contribution is 2.22. The Kier molecular flexibility index (Phi) is 6.66. The summed E-state index contributed by atoms with van der Waals surface area (Å²) in [7, 11) is 0. The van der Waals surface area contributed by atoms with Crippen LogP contribution in [-0.4, -0.2) is 26.6 Å². The number of para-hydroxylation sites is 1. The first-order chi connectivity index (χ1) is 13.9. The number of hydrogen-bond donors (Lipinski definition) is 3. The maximum absolute atomic E-state index is 12.3. The van der Waals surface area contributed by atoms with Crippen LogP contribution in [0.1, 0.15) is 22.5 Å². The Morgan fingerprint density at radius 1 is 1.03 bits per heavy atom. The van der Waals surface area contributed by atoms with E-state index in [1.165, 1.54) is 17.3 Å². The van der Waals surface area contributed by atoms with Crippen LogP contribution in [0.2, 0.25) is 0 Å². The fourth-order valence-corrected chi connectivity index (χ4v) is 3.67. The van der Waals surface area contributed by atoms with E-state index in [4.69, 9.17) is 5.73 Å². The summed E-state index contributed by atoms with van der Waals surface area (Å²) in [5, 5.41) is 6.10. The quantitative estimate of drug-likeness (QED) is 0.543. The molecule has 0 bridgehead atoms. The van der Waals surface area contributed by atoms with Crippen LogP contribution in [0.3, 0.4) is 0 Å². The molecule has 1 heterocycles. The molecule has 0 unspecified atom stereocenters. The minimum atomic E-state index is -0.0604. The lowest BCUT2D eigenvalue weighted by Crippen LogP contribution is -2.16. The van der Waals surface area contributed by atoms with Gasteiger partial charge in [-0.2, -0.15) is 15.0 Å². The van der Waals surface area contributed by atoms with E-state index in [2.05, 4.69) is 37.7 Å². The van der Waals surface area contributed by atoms with Gasteiger partial charge in [-0.25, -0.2) is 0 Å². The fraction of sp³-hybridized carbons (Fsp3) is 0.238. The topological polar surface area (TPSA) is 106 Å². The van der Waals surface area contributed by atoms with E-state index in [0.717, 1.165) is 22.5 Å². The maximum atomic E-state index is 12.3. The normalized spacial score (nSPS) is 10.6. The predicted molar refractivity (Wildman–Crippen MR) is 119 cm³/mol. The molecule has 0 spiro atoms. The molecule has 1 aromatic heterocycles. The number of nitrogens with two attached hydrogens (primary N) is 1. The SMILES string of the molecule is Cc1cc(C)c(NC(=O)CSCc2nc(N)nc(Nc3ccccc3)n2)c(C)c1. The first kappa shape index (κ1) is 20.6. The van der Waals surface area contributed by atoms with Gasteiger partial charge in [-0.3, -0.25) is 4.79 Å². The second-order valence-electron chi connectivity index (χ2n) is 6.74. The number of nitrogens with zero attached hydrogens (tertiary/aromatic N) is 3. The summed E-state index contributed by atoms with van der Waals surface area (Å²) >= 11 is 1.42. The number of carbonyl (C=O) groups is 1. The molecule has 0 aliphatic heterocycles. The van der Waals surface area contributed by atoms with Crippen molar-refractivity contribution >= 4 is 40.9 Å². The van der Waals surface area contributed by atoms with Gasteiger partial charge in [-0.05, 0) is 44.0 Å². The molecule has 0 aliphatic rings. The second kappa shape index (κ2) is 9.38. The number of nitrogen functional groups attached to an aromatic ring is 1. The minimum Gasteiger partial charge on any atom is -0.368 e. The number of anilines is 4. The van der Waals surface area contributed by atoms with E-state index in [0.29, 0.717) is 23.3 Å². The molecule has 0 atom stereocenters. The molecule has 0 saturated heterocycles. The van der Waals surface area contributed by atoms with Crippen molar-refractivity contribution in [1.82, 2.24) is 15.0 Å². The largest absolute Gasteiger partial charge is 0.368 e. The van der Waals surface area contributed by atoms with Crippen molar-refractivity contribution in [2.24, 2.45) is 0 Å². The summed E-state index contributed by atoms with van der Waals surface area (Å²) in [5.74, 6) is 1.74. The van der Waals surface area contributed by atoms with Crippen molar-refractivity contribution in [3.63, 3.8) is 0 Å². The monoisotopic (exact) mass is 408 g/mol. The van der Waals surface area contributed by atoms with E-state index >= 15 is 0 Å². The van der Waals surface area contributed by atoms with Gasteiger partial charge in [0.1, 0.15) is 5.82 Å². The Bertz CT molecular complexity index is 986. The molecule has 1 amide bonds. The van der Waals surface area contributed by atoms with E-state index < -0.39 is 0 Å². The average Bonchev–Trinajstić information content (AvgIpc) is 2.65. The number of benzene rings is 2. The molecule has 0 aliphatic carbocycles. The molecule has 0 saturated carbocycles. The van der Waals surface area contributed by atoms with E-state index in [1.807, 2.05) is 51.1 Å². The summed E-state index contributed by atoms with van der Waals surface area (Å²) < 4.78 is 0. The van der Waals surface area contributed by atoms with Crippen molar-refractivity contribution in [2.75, 3.05) is 22.1 Å². The van der Waals surface area contributed by atoms with Gasteiger partial charge in [0.25, 0.3) is 0 Å². The van der Waals surface area contributed by atoms with Gasteiger partial charge in [-0.1, -0.05) is 35.9 Å². The van der Waals surface area contributed by atoms with Crippen molar-refractivity contribution in [1.29, 1.82) is 0 Å². The van der Waals surface area contributed by atoms with Crippen LogP contribution in [-0.2, 0) is 10.5 Å². The maximum Gasteiger partial charge on any atom is 0.234 e. The zero-order valence-electron chi connectivity index (χ0n) is 16.7. The molecule has 7 nitrogen and oxygen atoms in total. The Morgan fingerprint density at radius 2 is 1.72 bits per heavy atom. The highest BCUT2D eigenvalue weighted by Gasteiger charge is 2.10. The molecule has 29 heavy (non-hydrogen) atoms. The van der Waals surface area contributed by atoms with Crippen LogP contribution < -0.4 is 16.4 Å². The number of aryl methyl sites for hydroxylation is 3. The standard InChI is InChI=1S/C21H24N6OS/c1-13-9-14(2)19(15(3)10-13)26-18(28)12-29-11-17-24-20(22)27-21(25-17)23-16-7-5-4-6-8-16/h4-10H,11-12H2,1-3H3,(H,26,28)(H3,22,23,24,25,27). The zero-order valence-corrected chi connectivity index (χ0v) is 17.5. The number of amides is 1. The van der Waals surface area contributed by atoms with Crippen LogP contribution in [0.15, 0.2) is 42.5 Å². The number of thioether (sulfide) groups is 1. The lowest BCUT2D eigenvalue weighted by molar-refractivity contribution is -0.113. The Morgan fingerprint density at radius 3 is 2.41 bits per heavy atom. The van der Waals surface area contributed by atoms with Crippen molar-refractivity contribution in [2.45, 2.75) is 26.5 Å². The van der Waals surface area contributed by atoms with E-state index in [1.54, 1.807) is 0 Å². The highest BCUT2D eigenvalue weighted by molar-refractivity contribution is 7.99. The second-order valence-corrected chi connectivity index (χ2v) is 7.72. The number of carbonyl (C=O) groups excluding carboxylic acids is 1. The van der Waals surface area contributed by atoms with E-state index in [9.17, 15) is 4.79 Å². The lowest BCUT2D eigenvalue weighted by Gasteiger charge is -2.12. The first-order valence-electron chi connectivity index (χ1n) is 9.18. The fourth-order valence-electron chi connectivity index (χ4n) is 3.00. The molecular formula is C21H24N6OS. The molecule has 3 aromatic rings. The summed E-state index contributed by atoms with van der Waals surface area (Å²) in [6.45, 7) is 6.04. The van der Waals surface area contributed by atoms with Gasteiger partial charge in [0, 0.05) is 11.4 Å². The molecule has 0 fully saturated rings. The lowest BCUT2D eigenvalue weighted by atomic mass is 10.1. The molecule has 150 valence electrons. The molecule has 2 aromatic carbocycles. The zero-order chi connectivity index (χ0) is 20.8. The minimum absolute atomic E-state index is 0.0604. The summed E-state index contributed by atoms with van der Waals surface area (Å²) in [4.78, 5) is 25.0. The summed E-state index contributed by atoms with van der Waals surface area (Å²) in [6, 6.07) is 13.7. The smallest absolute Gasteiger partial charge is 0.234 e. The third-order valence-electron chi connectivity index (χ3n) is 4.13. The van der Waals surface area contributed by atoms with Crippen LogP contribution in [0.4, 0.5) is 23.3 Å². The molecular weight excluding hydrogens is 384 g/mol. The van der Waals surface area contributed by atoms with Gasteiger partial charge in [0.2, 0.25) is 17.8 Å². The number of nitrogens with one attached hydrogen (secondary N) is 2. The van der Waals surface area contributed by atoms with Gasteiger partial charge in [0.05, 0.1) is 11.5 Å². The predicted octanol–water partition coefficient (Wildman–Crippen LogP) is 3.99. The molecule has 8 heteroatoms. The number of aromatic nitrogens is 3. The van der Waals surface area contributed by atoms with Crippen molar-refractivity contribution < 1.29 is 4.79 Å².